The van der Waals surface area contributed by atoms with E-state index >= 15 is 0 Å². The van der Waals surface area contributed by atoms with Crippen molar-refractivity contribution in [2.24, 2.45) is 4.99 Å². The predicted octanol–water partition coefficient (Wildman–Crippen LogP) is 4.50. The second-order valence-electron chi connectivity index (χ2n) is 5.97. The summed E-state index contributed by atoms with van der Waals surface area (Å²) in [6, 6.07) is 8.63. The molecule has 0 spiro atoms. The van der Waals surface area contributed by atoms with E-state index in [-0.39, 0.29) is 35.8 Å². The molecule has 2 aromatic carbocycles. The number of rotatable bonds is 7. The third kappa shape index (κ3) is 6.81. The smallest absolute Gasteiger partial charge is 0.192 e. The van der Waals surface area contributed by atoms with Gasteiger partial charge in [0.2, 0.25) is 0 Å². The molecule has 0 radical (unpaired) electrons. The molecule has 0 saturated carbocycles. The highest BCUT2D eigenvalue weighted by Crippen LogP contribution is 2.27. The van der Waals surface area contributed by atoms with E-state index in [1.54, 1.807) is 18.2 Å². The lowest BCUT2D eigenvalue weighted by Gasteiger charge is -2.18. The van der Waals surface area contributed by atoms with E-state index in [4.69, 9.17) is 4.74 Å². The zero-order chi connectivity index (χ0) is 19.8. The number of phenolic OH excluding ortho intramolecular Hbond substituents is 1. The standard InChI is InChI=1S/C20H25F2N3O2.HI/c1-4-23-20(25-13(3)15-7-8-16(21)17(22)11-15)24-12-14-6-9-18(26)19(10-14)27-5-2;/h6-11,13,26H,4-5,12H2,1-3H3,(H2,23,24,25);1H. The van der Waals surface area contributed by atoms with Gasteiger partial charge in [-0.15, -0.1) is 24.0 Å². The van der Waals surface area contributed by atoms with E-state index in [1.807, 2.05) is 20.8 Å². The van der Waals surface area contributed by atoms with Crippen LogP contribution in [0.2, 0.25) is 0 Å². The molecule has 0 bridgehead atoms. The average molecular weight is 505 g/mol. The van der Waals surface area contributed by atoms with Gasteiger partial charge in [0, 0.05) is 6.54 Å². The monoisotopic (exact) mass is 505 g/mol. The predicted molar refractivity (Wildman–Crippen MR) is 117 cm³/mol. The van der Waals surface area contributed by atoms with E-state index in [9.17, 15) is 13.9 Å². The molecule has 2 aromatic rings. The molecule has 28 heavy (non-hydrogen) atoms. The van der Waals surface area contributed by atoms with Crippen molar-refractivity contribution in [1.29, 1.82) is 0 Å². The van der Waals surface area contributed by atoms with Gasteiger partial charge in [-0.1, -0.05) is 12.1 Å². The Morgan fingerprint density at radius 2 is 1.89 bits per heavy atom. The molecule has 0 aliphatic rings. The number of nitrogens with zero attached hydrogens (tertiary/aromatic N) is 1. The van der Waals surface area contributed by atoms with Crippen LogP contribution in [0.3, 0.4) is 0 Å². The van der Waals surface area contributed by atoms with Gasteiger partial charge in [0.15, 0.2) is 29.1 Å². The number of nitrogens with one attached hydrogen (secondary N) is 2. The molecular formula is C20H26F2IN3O2. The van der Waals surface area contributed by atoms with Crippen LogP contribution in [0.15, 0.2) is 41.4 Å². The van der Waals surface area contributed by atoms with Crippen LogP contribution < -0.4 is 15.4 Å². The zero-order valence-corrected chi connectivity index (χ0v) is 18.5. The molecule has 3 N–H and O–H groups in total. The van der Waals surface area contributed by atoms with Gasteiger partial charge in [0.25, 0.3) is 0 Å². The van der Waals surface area contributed by atoms with Crippen molar-refractivity contribution < 1.29 is 18.6 Å². The fourth-order valence-electron chi connectivity index (χ4n) is 2.49. The molecule has 0 heterocycles. The van der Waals surface area contributed by atoms with Gasteiger partial charge >= 0.3 is 0 Å². The van der Waals surface area contributed by atoms with Gasteiger partial charge in [-0.3, -0.25) is 0 Å². The van der Waals surface area contributed by atoms with Crippen LogP contribution in [0.4, 0.5) is 8.78 Å². The van der Waals surface area contributed by atoms with Crippen LogP contribution in [0.1, 0.15) is 37.9 Å². The molecule has 0 aliphatic carbocycles. The molecule has 0 amide bonds. The number of hydrogen-bond acceptors (Lipinski definition) is 3. The highest BCUT2D eigenvalue weighted by Gasteiger charge is 2.11. The third-order valence-electron chi connectivity index (χ3n) is 3.88. The van der Waals surface area contributed by atoms with Crippen molar-refractivity contribution in [2.45, 2.75) is 33.4 Å². The van der Waals surface area contributed by atoms with Gasteiger partial charge in [-0.2, -0.15) is 0 Å². The summed E-state index contributed by atoms with van der Waals surface area (Å²) in [6.45, 7) is 7.09. The number of hydrogen-bond donors (Lipinski definition) is 3. The molecular weight excluding hydrogens is 479 g/mol. The molecule has 5 nitrogen and oxygen atoms in total. The Hall–Kier alpha value is -2.10. The van der Waals surface area contributed by atoms with Crippen LogP contribution in [0, 0.1) is 11.6 Å². The Morgan fingerprint density at radius 3 is 2.54 bits per heavy atom. The first-order valence-corrected chi connectivity index (χ1v) is 8.89. The summed E-state index contributed by atoms with van der Waals surface area (Å²) in [5.74, 6) is -0.708. The van der Waals surface area contributed by atoms with Crippen molar-refractivity contribution >= 4 is 29.9 Å². The van der Waals surface area contributed by atoms with Crippen molar-refractivity contribution in [3.8, 4) is 11.5 Å². The van der Waals surface area contributed by atoms with Crippen molar-refractivity contribution in [3.05, 3.63) is 59.2 Å². The maximum Gasteiger partial charge on any atom is 0.192 e. The minimum Gasteiger partial charge on any atom is -0.504 e. The maximum absolute atomic E-state index is 13.4. The normalized spacial score (nSPS) is 12.1. The minimum absolute atomic E-state index is 0. The first kappa shape index (κ1) is 23.9. The molecule has 0 aliphatic heterocycles. The van der Waals surface area contributed by atoms with Crippen LogP contribution in [0.25, 0.3) is 0 Å². The minimum atomic E-state index is -0.879. The van der Waals surface area contributed by atoms with E-state index < -0.39 is 11.6 Å². The van der Waals surface area contributed by atoms with Crippen LogP contribution in [-0.2, 0) is 6.54 Å². The highest BCUT2D eigenvalue weighted by atomic mass is 127. The largest absolute Gasteiger partial charge is 0.504 e. The first-order valence-electron chi connectivity index (χ1n) is 8.89. The fourth-order valence-corrected chi connectivity index (χ4v) is 2.49. The highest BCUT2D eigenvalue weighted by molar-refractivity contribution is 14.0. The lowest BCUT2D eigenvalue weighted by atomic mass is 10.1. The van der Waals surface area contributed by atoms with Gasteiger partial charge in [-0.25, -0.2) is 13.8 Å². The summed E-state index contributed by atoms with van der Waals surface area (Å²) in [6.07, 6.45) is 0. The topological polar surface area (TPSA) is 65.9 Å². The summed E-state index contributed by atoms with van der Waals surface area (Å²) >= 11 is 0. The quantitative estimate of drug-likeness (QED) is 0.295. The lowest BCUT2D eigenvalue weighted by molar-refractivity contribution is 0.318. The Bertz CT molecular complexity index is 803. The number of aliphatic imine (C=N–C) groups is 1. The summed E-state index contributed by atoms with van der Waals surface area (Å²) in [5.41, 5.74) is 1.48. The van der Waals surface area contributed by atoms with Crippen molar-refractivity contribution in [1.82, 2.24) is 10.6 Å². The van der Waals surface area contributed by atoms with E-state index in [1.165, 1.54) is 12.1 Å². The fraction of sp³-hybridized carbons (Fsp3) is 0.350. The molecule has 0 aromatic heterocycles. The Labute approximate surface area is 181 Å². The maximum atomic E-state index is 13.4. The number of benzene rings is 2. The van der Waals surface area contributed by atoms with Crippen LogP contribution in [-0.4, -0.2) is 24.2 Å². The molecule has 0 saturated heterocycles. The Balaban J connectivity index is 0.00000392. The molecule has 0 fully saturated rings. The zero-order valence-electron chi connectivity index (χ0n) is 16.1. The number of aromatic hydroxyl groups is 1. The Kier molecular flexibility index (Phi) is 9.98. The summed E-state index contributed by atoms with van der Waals surface area (Å²) < 4.78 is 31.9. The van der Waals surface area contributed by atoms with Gasteiger partial charge < -0.3 is 20.5 Å². The van der Waals surface area contributed by atoms with E-state index in [2.05, 4.69) is 15.6 Å². The SMILES string of the molecule is CCNC(=NCc1ccc(O)c(OCC)c1)NC(C)c1ccc(F)c(F)c1.I. The second kappa shape index (κ2) is 11.7. The molecule has 1 unspecified atom stereocenters. The first-order chi connectivity index (χ1) is 12.9. The Morgan fingerprint density at radius 1 is 1.14 bits per heavy atom. The molecule has 8 heteroatoms. The van der Waals surface area contributed by atoms with Crippen LogP contribution in [0.5, 0.6) is 11.5 Å². The van der Waals surface area contributed by atoms with Crippen molar-refractivity contribution in [2.75, 3.05) is 13.2 Å². The molecule has 154 valence electrons. The van der Waals surface area contributed by atoms with Gasteiger partial charge in [0.05, 0.1) is 19.2 Å². The van der Waals surface area contributed by atoms with E-state index in [0.717, 1.165) is 11.6 Å². The van der Waals surface area contributed by atoms with Gasteiger partial charge in [-0.05, 0) is 56.2 Å². The second-order valence-corrected chi connectivity index (χ2v) is 5.97. The number of halogens is 3. The lowest BCUT2D eigenvalue weighted by Crippen LogP contribution is -2.38. The van der Waals surface area contributed by atoms with Crippen LogP contribution >= 0.6 is 24.0 Å². The van der Waals surface area contributed by atoms with E-state index in [0.29, 0.717) is 37.0 Å². The average Bonchev–Trinajstić information content (AvgIpc) is 2.64. The molecule has 2 rings (SSSR count). The van der Waals surface area contributed by atoms with Crippen molar-refractivity contribution in [3.63, 3.8) is 0 Å². The summed E-state index contributed by atoms with van der Waals surface area (Å²) in [7, 11) is 0. The number of phenols is 1. The number of guanidine groups is 1. The van der Waals surface area contributed by atoms with Gasteiger partial charge in [0.1, 0.15) is 0 Å². The molecule has 1 atom stereocenters. The number of ether oxygens (including phenoxy) is 1. The summed E-state index contributed by atoms with van der Waals surface area (Å²) in [5, 5.41) is 16.1. The summed E-state index contributed by atoms with van der Waals surface area (Å²) in [4.78, 5) is 4.51. The third-order valence-corrected chi connectivity index (χ3v) is 3.88.